The molecule has 0 amide bonds. The number of aliphatic hydroxyl groups excluding tert-OH is 1. The van der Waals surface area contributed by atoms with Gasteiger partial charge in [0.1, 0.15) is 11.8 Å². The average molecular weight is 492 g/mol. The third kappa shape index (κ3) is 6.57. The standard InChI is InChI=1S/C22H25N3O6S2/c1-25-12-11-23-22(25)32-14-17(26)13-20(21(27)28)24-33(29,30)19-9-5-16(6-10-19)15-3-7-18(31-2)8-4-15/h3-12,17,20,24,26H,13-14H2,1-2H3,(H,27,28). The highest BCUT2D eigenvalue weighted by Crippen LogP contribution is 2.24. The zero-order valence-corrected chi connectivity index (χ0v) is 19.7. The Kier molecular flexibility index (Phi) is 8.14. The van der Waals surface area contributed by atoms with Gasteiger partial charge in [-0.3, -0.25) is 4.79 Å². The molecule has 0 radical (unpaired) electrons. The van der Waals surface area contributed by atoms with Crippen LogP contribution in [-0.2, 0) is 21.9 Å². The molecule has 1 heterocycles. The van der Waals surface area contributed by atoms with E-state index in [0.717, 1.165) is 11.1 Å². The first-order chi connectivity index (χ1) is 15.7. The molecule has 0 fully saturated rings. The number of rotatable bonds is 11. The van der Waals surface area contributed by atoms with E-state index in [0.29, 0.717) is 10.9 Å². The number of sulfonamides is 1. The number of imidazole rings is 1. The van der Waals surface area contributed by atoms with Crippen molar-refractivity contribution >= 4 is 27.8 Å². The predicted octanol–water partition coefficient (Wildman–Crippen LogP) is 2.37. The Hall–Kier alpha value is -2.86. The van der Waals surface area contributed by atoms with Gasteiger partial charge in [-0.2, -0.15) is 4.72 Å². The number of nitrogens with one attached hydrogen (secondary N) is 1. The minimum Gasteiger partial charge on any atom is -0.497 e. The van der Waals surface area contributed by atoms with Crippen LogP contribution in [0.4, 0.5) is 0 Å². The number of carbonyl (C=O) groups is 1. The topological polar surface area (TPSA) is 131 Å². The maximum Gasteiger partial charge on any atom is 0.321 e. The van der Waals surface area contributed by atoms with E-state index in [1.54, 1.807) is 55.4 Å². The van der Waals surface area contributed by atoms with Gasteiger partial charge in [0.05, 0.1) is 18.1 Å². The number of carboxylic acid groups (broad SMARTS) is 1. The molecular formula is C22H25N3O6S2. The van der Waals surface area contributed by atoms with Gasteiger partial charge in [-0.1, -0.05) is 36.0 Å². The molecule has 2 unspecified atom stereocenters. The van der Waals surface area contributed by atoms with Gasteiger partial charge < -0.3 is 19.5 Å². The van der Waals surface area contributed by atoms with E-state index in [1.807, 2.05) is 12.1 Å². The van der Waals surface area contributed by atoms with Gasteiger partial charge >= 0.3 is 5.97 Å². The zero-order chi connectivity index (χ0) is 24.0. The number of aliphatic carboxylic acids is 1. The van der Waals surface area contributed by atoms with Gasteiger partial charge in [0, 0.05) is 31.6 Å². The number of methoxy groups -OCH3 is 1. The molecular weight excluding hydrogens is 466 g/mol. The van der Waals surface area contributed by atoms with Crippen molar-refractivity contribution in [1.82, 2.24) is 14.3 Å². The summed E-state index contributed by atoms with van der Waals surface area (Å²) >= 11 is 1.26. The second-order valence-electron chi connectivity index (χ2n) is 7.29. The Morgan fingerprint density at radius 2 is 1.76 bits per heavy atom. The fourth-order valence-corrected chi connectivity index (χ4v) is 5.15. The number of thioether (sulfide) groups is 1. The molecule has 11 heteroatoms. The summed E-state index contributed by atoms with van der Waals surface area (Å²) in [6.45, 7) is 0. The number of aromatic nitrogens is 2. The minimum absolute atomic E-state index is 0.0668. The van der Waals surface area contributed by atoms with Crippen molar-refractivity contribution in [3.63, 3.8) is 0 Å². The Morgan fingerprint density at radius 3 is 2.27 bits per heavy atom. The molecule has 0 saturated carbocycles. The average Bonchev–Trinajstić information content (AvgIpc) is 3.22. The van der Waals surface area contributed by atoms with E-state index in [-0.39, 0.29) is 17.1 Å². The van der Waals surface area contributed by atoms with Crippen LogP contribution in [0.3, 0.4) is 0 Å². The Bertz CT molecular complexity index is 1180. The van der Waals surface area contributed by atoms with Crippen molar-refractivity contribution in [2.24, 2.45) is 7.05 Å². The second kappa shape index (κ2) is 10.8. The number of hydrogen-bond acceptors (Lipinski definition) is 7. The maximum atomic E-state index is 12.8. The molecule has 33 heavy (non-hydrogen) atoms. The summed E-state index contributed by atoms with van der Waals surface area (Å²) in [6, 6.07) is 11.9. The second-order valence-corrected chi connectivity index (χ2v) is 9.99. The molecule has 2 atom stereocenters. The summed E-state index contributed by atoms with van der Waals surface area (Å²) in [5.74, 6) is -0.482. The first-order valence-electron chi connectivity index (χ1n) is 9.97. The number of benzene rings is 2. The van der Waals surface area contributed by atoms with Crippen LogP contribution in [0.2, 0.25) is 0 Å². The lowest BCUT2D eigenvalue weighted by Gasteiger charge is -2.18. The van der Waals surface area contributed by atoms with Gasteiger partial charge in [-0.05, 0) is 35.4 Å². The van der Waals surface area contributed by atoms with Crippen LogP contribution in [0.1, 0.15) is 6.42 Å². The van der Waals surface area contributed by atoms with Gasteiger partial charge in [-0.15, -0.1) is 0 Å². The largest absolute Gasteiger partial charge is 0.497 e. The maximum absolute atomic E-state index is 12.8. The predicted molar refractivity (Wildman–Crippen MR) is 125 cm³/mol. The molecule has 176 valence electrons. The number of hydrogen-bond donors (Lipinski definition) is 3. The zero-order valence-electron chi connectivity index (χ0n) is 18.1. The van der Waals surface area contributed by atoms with Crippen LogP contribution in [0.25, 0.3) is 11.1 Å². The number of aryl methyl sites for hydroxylation is 1. The summed E-state index contributed by atoms with van der Waals surface area (Å²) in [5.41, 5.74) is 1.68. The number of ether oxygens (including phenoxy) is 1. The third-order valence-corrected chi connectivity index (χ3v) is 7.56. The van der Waals surface area contributed by atoms with Crippen LogP contribution in [-0.4, -0.2) is 59.2 Å². The Morgan fingerprint density at radius 1 is 1.15 bits per heavy atom. The van der Waals surface area contributed by atoms with Crippen LogP contribution in [0.15, 0.2) is 71.0 Å². The van der Waals surface area contributed by atoms with Crippen LogP contribution in [0, 0.1) is 0 Å². The van der Waals surface area contributed by atoms with E-state index in [1.165, 1.54) is 23.9 Å². The molecule has 3 aromatic rings. The molecule has 1 aromatic heterocycles. The normalized spacial score (nSPS) is 13.4. The summed E-state index contributed by atoms with van der Waals surface area (Å²) in [5, 5.41) is 20.4. The molecule has 0 aliphatic rings. The highest BCUT2D eigenvalue weighted by atomic mass is 32.2. The number of nitrogens with zero attached hydrogens (tertiary/aromatic N) is 2. The summed E-state index contributed by atoms with van der Waals surface area (Å²) in [6.07, 6.45) is 2.04. The van der Waals surface area contributed by atoms with Crippen LogP contribution < -0.4 is 9.46 Å². The summed E-state index contributed by atoms with van der Waals surface area (Å²) in [4.78, 5) is 15.7. The number of carboxylic acids is 1. The highest BCUT2D eigenvalue weighted by Gasteiger charge is 2.28. The van der Waals surface area contributed by atoms with Crippen molar-refractivity contribution in [3.8, 4) is 16.9 Å². The van der Waals surface area contributed by atoms with Gasteiger partial charge in [0.25, 0.3) is 0 Å². The van der Waals surface area contributed by atoms with Crippen molar-refractivity contribution in [2.75, 3.05) is 12.9 Å². The lowest BCUT2D eigenvalue weighted by molar-refractivity contribution is -0.139. The van der Waals surface area contributed by atoms with Gasteiger partial charge in [0.15, 0.2) is 5.16 Å². The van der Waals surface area contributed by atoms with Crippen molar-refractivity contribution in [1.29, 1.82) is 0 Å². The molecule has 2 aromatic carbocycles. The van der Waals surface area contributed by atoms with Crippen molar-refractivity contribution in [3.05, 3.63) is 60.9 Å². The molecule has 3 N–H and O–H groups in total. The Balaban J connectivity index is 1.65. The van der Waals surface area contributed by atoms with Crippen LogP contribution >= 0.6 is 11.8 Å². The van der Waals surface area contributed by atoms with E-state index in [2.05, 4.69) is 9.71 Å². The summed E-state index contributed by atoms with van der Waals surface area (Å²) in [7, 11) is -0.735. The molecule has 9 nitrogen and oxygen atoms in total. The lowest BCUT2D eigenvalue weighted by atomic mass is 10.1. The summed E-state index contributed by atoms with van der Waals surface area (Å²) < 4.78 is 34.6. The van der Waals surface area contributed by atoms with Gasteiger partial charge in [0.2, 0.25) is 10.0 Å². The van der Waals surface area contributed by atoms with E-state index >= 15 is 0 Å². The van der Waals surface area contributed by atoms with Crippen molar-refractivity contribution in [2.45, 2.75) is 28.6 Å². The molecule has 0 bridgehead atoms. The quantitative estimate of drug-likeness (QED) is 0.349. The third-order valence-electron chi connectivity index (χ3n) is 4.87. The first-order valence-corrected chi connectivity index (χ1v) is 12.4. The highest BCUT2D eigenvalue weighted by molar-refractivity contribution is 7.99. The fourth-order valence-electron chi connectivity index (χ4n) is 3.07. The van der Waals surface area contributed by atoms with E-state index in [4.69, 9.17) is 4.74 Å². The van der Waals surface area contributed by atoms with E-state index < -0.39 is 28.1 Å². The lowest BCUT2D eigenvalue weighted by Crippen LogP contribution is -2.43. The molecule has 3 rings (SSSR count). The van der Waals surface area contributed by atoms with E-state index in [9.17, 15) is 23.4 Å². The molecule has 0 aliphatic heterocycles. The minimum atomic E-state index is -4.11. The van der Waals surface area contributed by atoms with Crippen LogP contribution in [0.5, 0.6) is 5.75 Å². The first kappa shape index (κ1) is 24.8. The monoisotopic (exact) mass is 491 g/mol. The molecule has 0 spiro atoms. The molecule has 0 aliphatic carbocycles. The Labute approximate surface area is 196 Å². The number of aliphatic hydroxyl groups is 1. The van der Waals surface area contributed by atoms with Gasteiger partial charge in [-0.25, -0.2) is 13.4 Å². The SMILES string of the molecule is COc1ccc(-c2ccc(S(=O)(=O)NC(CC(O)CSc3nccn3C)C(=O)O)cc2)cc1. The fraction of sp³-hybridized carbons (Fsp3) is 0.273. The smallest absolute Gasteiger partial charge is 0.321 e. The van der Waals surface area contributed by atoms with Crippen molar-refractivity contribution < 1.29 is 28.2 Å². The molecule has 0 saturated heterocycles.